The molecule has 152 valence electrons. The number of sulfonamides is 1. The molecule has 0 aliphatic rings. The van der Waals surface area contributed by atoms with Gasteiger partial charge in [0.25, 0.3) is 5.91 Å². The van der Waals surface area contributed by atoms with Gasteiger partial charge in [-0.1, -0.05) is 26.0 Å². The van der Waals surface area contributed by atoms with Crippen molar-refractivity contribution in [2.75, 3.05) is 18.4 Å². The highest BCUT2D eigenvalue weighted by atomic mass is 32.2. The summed E-state index contributed by atoms with van der Waals surface area (Å²) in [7, 11) is -3.77. The molecule has 0 atom stereocenters. The average molecular weight is 414 g/mol. The second kappa shape index (κ2) is 8.32. The summed E-state index contributed by atoms with van der Waals surface area (Å²) in [5.74, 6) is -0.687. The molecule has 1 amide bonds. The fourth-order valence-corrected chi connectivity index (χ4v) is 4.18. The number of alkyl halides is 3. The zero-order valence-electron chi connectivity index (χ0n) is 15.7. The van der Waals surface area contributed by atoms with Crippen molar-refractivity contribution in [2.24, 2.45) is 0 Å². The van der Waals surface area contributed by atoms with Gasteiger partial charge in [-0.15, -0.1) is 0 Å². The van der Waals surface area contributed by atoms with Crippen LogP contribution in [0.1, 0.15) is 35.3 Å². The number of carbonyl (C=O) groups excluding carboxylic acids is 1. The summed E-state index contributed by atoms with van der Waals surface area (Å²) in [4.78, 5) is 12.5. The second-order valence-corrected chi connectivity index (χ2v) is 8.04. The predicted molar refractivity (Wildman–Crippen MR) is 101 cm³/mol. The molecule has 1 N–H and O–H groups in total. The Bertz CT molecular complexity index is 969. The highest BCUT2D eigenvalue weighted by Gasteiger charge is 2.30. The topological polar surface area (TPSA) is 66.5 Å². The Balaban J connectivity index is 2.37. The van der Waals surface area contributed by atoms with Crippen LogP contribution < -0.4 is 5.32 Å². The molecule has 0 aliphatic heterocycles. The van der Waals surface area contributed by atoms with Crippen molar-refractivity contribution in [3.05, 3.63) is 59.2 Å². The number of amides is 1. The minimum Gasteiger partial charge on any atom is -0.322 e. The number of benzene rings is 2. The standard InChI is InChI=1S/C19H21F3N2O3S/c1-4-24(5-2)28(26,27)16-10-9-13(3)17(12-16)18(25)23-15-8-6-7-14(11-15)19(20,21)22/h6-12H,4-5H2,1-3H3,(H,23,25). The van der Waals surface area contributed by atoms with Crippen LogP contribution in [0.25, 0.3) is 0 Å². The Morgan fingerprint density at radius 2 is 1.71 bits per heavy atom. The average Bonchev–Trinajstić information content (AvgIpc) is 2.62. The summed E-state index contributed by atoms with van der Waals surface area (Å²) in [6.07, 6.45) is -4.53. The molecule has 9 heteroatoms. The molecule has 0 aliphatic carbocycles. The molecular weight excluding hydrogens is 393 g/mol. The molecule has 0 spiro atoms. The fourth-order valence-electron chi connectivity index (χ4n) is 2.69. The molecule has 0 radical (unpaired) electrons. The van der Waals surface area contributed by atoms with Gasteiger partial charge in [0.05, 0.1) is 10.5 Å². The van der Waals surface area contributed by atoms with E-state index in [2.05, 4.69) is 5.32 Å². The van der Waals surface area contributed by atoms with Crippen molar-refractivity contribution >= 4 is 21.6 Å². The number of carbonyl (C=O) groups is 1. The van der Waals surface area contributed by atoms with E-state index in [0.717, 1.165) is 12.1 Å². The van der Waals surface area contributed by atoms with Gasteiger partial charge in [0.2, 0.25) is 10.0 Å². The molecule has 0 saturated heterocycles. The molecule has 5 nitrogen and oxygen atoms in total. The van der Waals surface area contributed by atoms with Gasteiger partial charge in [-0.3, -0.25) is 4.79 Å². The summed E-state index contributed by atoms with van der Waals surface area (Å²) in [6, 6.07) is 8.39. The van der Waals surface area contributed by atoms with Crippen LogP contribution in [-0.2, 0) is 16.2 Å². The molecule has 2 rings (SSSR count). The van der Waals surface area contributed by atoms with E-state index in [1.165, 1.54) is 34.6 Å². The maximum atomic E-state index is 12.8. The van der Waals surface area contributed by atoms with Gasteiger partial charge >= 0.3 is 6.18 Å². The predicted octanol–water partition coefficient (Wildman–Crippen LogP) is 4.30. The van der Waals surface area contributed by atoms with E-state index in [0.29, 0.717) is 5.56 Å². The molecule has 0 aromatic heterocycles. The van der Waals surface area contributed by atoms with E-state index in [1.54, 1.807) is 20.8 Å². The van der Waals surface area contributed by atoms with Gasteiger partial charge in [-0.2, -0.15) is 17.5 Å². The van der Waals surface area contributed by atoms with Crippen LogP contribution in [0.15, 0.2) is 47.4 Å². The summed E-state index contributed by atoms with van der Waals surface area (Å²) < 4.78 is 65.1. The molecule has 28 heavy (non-hydrogen) atoms. The highest BCUT2D eigenvalue weighted by molar-refractivity contribution is 7.89. The third-order valence-electron chi connectivity index (χ3n) is 4.24. The zero-order valence-corrected chi connectivity index (χ0v) is 16.5. The summed E-state index contributed by atoms with van der Waals surface area (Å²) >= 11 is 0. The van der Waals surface area contributed by atoms with Crippen molar-refractivity contribution in [3.63, 3.8) is 0 Å². The van der Waals surface area contributed by atoms with Crippen molar-refractivity contribution in [3.8, 4) is 0 Å². The minimum absolute atomic E-state index is 0.0313. The van der Waals surface area contributed by atoms with Gasteiger partial charge in [-0.25, -0.2) is 8.42 Å². The van der Waals surface area contributed by atoms with E-state index in [4.69, 9.17) is 0 Å². The quantitative estimate of drug-likeness (QED) is 0.767. The minimum atomic E-state index is -4.53. The highest BCUT2D eigenvalue weighted by Crippen LogP contribution is 2.31. The van der Waals surface area contributed by atoms with Gasteiger partial charge in [0.15, 0.2) is 0 Å². The lowest BCUT2D eigenvalue weighted by molar-refractivity contribution is -0.137. The van der Waals surface area contributed by atoms with Crippen LogP contribution in [0.2, 0.25) is 0 Å². The van der Waals surface area contributed by atoms with Crippen molar-refractivity contribution in [2.45, 2.75) is 31.8 Å². The number of nitrogens with one attached hydrogen (secondary N) is 1. The van der Waals surface area contributed by atoms with Gasteiger partial charge in [0, 0.05) is 24.3 Å². The summed E-state index contributed by atoms with van der Waals surface area (Å²) in [6.45, 7) is 5.58. The van der Waals surface area contributed by atoms with E-state index in [9.17, 15) is 26.4 Å². The van der Waals surface area contributed by atoms with Crippen molar-refractivity contribution < 1.29 is 26.4 Å². The SMILES string of the molecule is CCN(CC)S(=O)(=O)c1ccc(C)c(C(=O)Nc2cccc(C(F)(F)F)c2)c1. The molecule has 0 unspecified atom stereocenters. The first-order valence-corrected chi connectivity index (χ1v) is 10.0. The van der Waals surface area contributed by atoms with Crippen LogP contribution in [-0.4, -0.2) is 31.7 Å². The maximum Gasteiger partial charge on any atom is 0.416 e. The lowest BCUT2D eigenvalue weighted by atomic mass is 10.1. The largest absolute Gasteiger partial charge is 0.416 e. The lowest BCUT2D eigenvalue weighted by Gasteiger charge is -2.19. The Hall–Kier alpha value is -2.39. The van der Waals surface area contributed by atoms with E-state index in [1.807, 2.05) is 0 Å². The zero-order chi connectivity index (χ0) is 21.1. The molecule has 0 fully saturated rings. The fraction of sp³-hybridized carbons (Fsp3) is 0.316. The van der Waals surface area contributed by atoms with E-state index >= 15 is 0 Å². The lowest BCUT2D eigenvalue weighted by Crippen LogP contribution is -2.30. The smallest absolute Gasteiger partial charge is 0.322 e. The third kappa shape index (κ3) is 4.71. The second-order valence-electron chi connectivity index (χ2n) is 6.10. The molecule has 2 aromatic rings. The number of hydrogen-bond acceptors (Lipinski definition) is 3. The number of rotatable bonds is 6. The number of hydrogen-bond donors (Lipinski definition) is 1. The molecule has 0 heterocycles. The van der Waals surface area contributed by atoms with Crippen molar-refractivity contribution in [1.29, 1.82) is 0 Å². The normalized spacial score (nSPS) is 12.2. The number of halogens is 3. The van der Waals surface area contributed by atoms with Crippen molar-refractivity contribution in [1.82, 2.24) is 4.31 Å². The summed E-state index contributed by atoms with van der Waals surface area (Å²) in [5, 5.41) is 2.40. The molecular formula is C19H21F3N2O3S. The molecule has 0 saturated carbocycles. The molecule has 0 bridgehead atoms. The Morgan fingerprint density at radius 3 is 2.29 bits per heavy atom. The van der Waals surface area contributed by atoms with Crippen LogP contribution in [0.5, 0.6) is 0 Å². The van der Waals surface area contributed by atoms with Gasteiger partial charge in [0.1, 0.15) is 0 Å². The molecule has 2 aromatic carbocycles. The Morgan fingerprint density at radius 1 is 1.07 bits per heavy atom. The van der Waals surface area contributed by atoms with E-state index < -0.39 is 27.7 Å². The third-order valence-corrected chi connectivity index (χ3v) is 6.29. The Kier molecular flexibility index (Phi) is 6.51. The number of aryl methyl sites for hydroxylation is 1. The van der Waals surface area contributed by atoms with Gasteiger partial charge < -0.3 is 5.32 Å². The number of anilines is 1. The Labute approximate surface area is 162 Å². The van der Waals surface area contributed by atoms with Crippen LogP contribution in [0.3, 0.4) is 0 Å². The maximum absolute atomic E-state index is 12.8. The van der Waals surface area contributed by atoms with Gasteiger partial charge in [-0.05, 0) is 42.8 Å². The number of nitrogens with zero attached hydrogens (tertiary/aromatic N) is 1. The van der Waals surface area contributed by atoms with E-state index in [-0.39, 0.29) is 29.2 Å². The monoisotopic (exact) mass is 414 g/mol. The first-order chi connectivity index (χ1) is 13.0. The first-order valence-electron chi connectivity index (χ1n) is 8.60. The first kappa shape index (κ1) is 21.9. The van der Waals surface area contributed by atoms with Crippen LogP contribution >= 0.6 is 0 Å². The summed E-state index contributed by atoms with van der Waals surface area (Å²) in [5.41, 5.74) is -0.343. The van der Waals surface area contributed by atoms with Crippen LogP contribution in [0, 0.1) is 6.92 Å². The van der Waals surface area contributed by atoms with Crippen LogP contribution in [0.4, 0.5) is 18.9 Å².